The van der Waals surface area contributed by atoms with Gasteiger partial charge in [-0.2, -0.15) is 0 Å². The summed E-state index contributed by atoms with van der Waals surface area (Å²) >= 11 is 0. The van der Waals surface area contributed by atoms with Crippen molar-refractivity contribution in [1.29, 1.82) is 0 Å². The first-order valence-electron chi connectivity index (χ1n) is 10.6. The van der Waals surface area contributed by atoms with Crippen molar-refractivity contribution in [2.45, 2.75) is 13.3 Å². The van der Waals surface area contributed by atoms with E-state index < -0.39 is 0 Å². The Kier molecular flexibility index (Phi) is 3.86. The lowest BCUT2D eigenvalue weighted by molar-refractivity contribution is 1.26. The fourth-order valence-corrected chi connectivity index (χ4v) is 4.67. The summed E-state index contributed by atoms with van der Waals surface area (Å²) in [7, 11) is 0. The minimum Gasteiger partial charge on any atom is -0.0616 e. The van der Waals surface area contributed by atoms with E-state index in [9.17, 15) is 0 Å². The van der Waals surface area contributed by atoms with E-state index in [1.54, 1.807) is 0 Å². The van der Waals surface area contributed by atoms with Crippen molar-refractivity contribution < 1.29 is 0 Å². The highest BCUT2D eigenvalue weighted by molar-refractivity contribution is 6.14. The Balaban J connectivity index is 1.46. The van der Waals surface area contributed by atoms with Gasteiger partial charge in [-0.25, -0.2) is 0 Å². The fourth-order valence-electron chi connectivity index (χ4n) is 4.67. The first-order chi connectivity index (χ1) is 14.7. The average molecular weight is 383 g/mol. The van der Waals surface area contributed by atoms with Gasteiger partial charge in [-0.3, -0.25) is 0 Å². The van der Waals surface area contributed by atoms with E-state index in [4.69, 9.17) is 0 Å². The molecule has 0 unspecified atom stereocenters. The first kappa shape index (κ1) is 17.2. The molecule has 0 heteroatoms. The molecule has 0 saturated carbocycles. The van der Waals surface area contributed by atoms with Crippen molar-refractivity contribution in [2.24, 2.45) is 0 Å². The van der Waals surface area contributed by atoms with E-state index in [1.165, 1.54) is 60.1 Å². The zero-order valence-electron chi connectivity index (χ0n) is 17.0. The van der Waals surface area contributed by atoms with E-state index in [-0.39, 0.29) is 0 Å². The van der Waals surface area contributed by atoms with Crippen LogP contribution in [-0.2, 0) is 6.42 Å². The van der Waals surface area contributed by atoms with Crippen molar-refractivity contribution in [3.63, 3.8) is 0 Å². The Labute approximate surface area is 176 Å². The normalized spacial score (nSPS) is 13.4. The van der Waals surface area contributed by atoms with Gasteiger partial charge in [0.15, 0.2) is 0 Å². The fraction of sp³-hybridized carbons (Fsp3) is 0.0667. The van der Waals surface area contributed by atoms with Crippen LogP contribution in [0.25, 0.3) is 44.5 Å². The summed E-state index contributed by atoms with van der Waals surface area (Å²) < 4.78 is 0. The van der Waals surface area contributed by atoms with Crippen LogP contribution in [0.3, 0.4) is 0 Å². The number of rotatable bonds is 2. The molecular formula is C30H22. The Bertz CT molecular complexity index is 1500. The molecule has 30 heavy (non-hydrogen) atoms. The number of benzene rings is 5. The van der Waals surface area contributed by atoms with Crippen LogP contribution in [0.2, 0.25) is 0 Å². The highest BCUT2D eigenvalue weighted by Gasteiger charge is 2.15. The largest absolute Gasteiger partial charge is 0.0616 e. The molecule has 0 aliphatic heterocycles. The summed E-state index contributed by atoms with van der Waals surface area (Å²) in [6.07, 6.45) is 7.87. The maximum atomic E-state index is 2.37. The average Bonchev–Trinajstić information content (AvgIpc) is 3.20. The molecule has 0 nitrogen and oxygen atoms in total. The van der Waals surface area contributed by atoms with Gasteiger partial charge in [-0.15, -0.1) is 0 Å². The molecule has 0 aromatic heterocycles. The smallest absolute Gasteiger partial charge is 0.00194 e. The second-order valence-corrected chi connectivity index (χ2v) is 8.36. The highest BCUT2D eigenvalue weighted by Crippen LogP contribution is 2.36. The molecule has 0 radical (unpaired) electrons. The molecule has 1 aliphatic rings. The Morgan fingerprint density at radius 3 is 2.23 bits per heavy atom. The summed E-state index contributed by atoms with van der Waals surface area (Å²) in [4.78, 5) is 0. The van der Waals surface area contributed by atoms with Crippen LogP contribution >= 0.6 is 0 Å². The van der Waals surface area contributed by atoms with Gasteiger partial charge in [0.1, 0.15) is 0 Å². The van der Waals surface area contributed by atoms with E-state index in [0.29, 0.717) is 0 Å². The highest BCUT2D eigenvalue weighted by atomic mass is 14.2. The number of hydrogen-bond acceptors (Lipinski definition) is 0. The number of fused-ring (bicyclic) bond motifs is 6. The lowest BCUT2D eigenvalue weighted by Gasteiger charge is -2.09. The predicted octanol–water partition coefficient (Wildman–Crippen LogP) is 8.11. The number of aryl methyl sites for hydroxylation is 1. The Hall–Kier alpha value is -3.64. The number of allylic oxidation sites excluding steroid dienone is 2. The van der Waals surface area contributed by atoms with Gasteiger partial charge in [0, 0.05) is 0 Å². The minimum atomic E-state index is 1.00. The van der Waals surface area contributed by atoms with Gasteiger partial charge in [0.2, 0.25) is 0 Å². The molecule has 5 aromatic rings. The van der Waals surface area contributed by atoms with Crippen molar-refractivity contribution in [1.82, 2.24) is 0 Å². The maximum absolute atomic E-state index is 2.37. The topological polar surface area (TPSA) is 0 Å². The second-order valence-electron chi connectivity index (χ2n) is 8.36. The van der Waals surface area contributed by atoms with Crippen molar-refractivity contribution in [2.75, 3.05) is 0 Å². The lowest BCUT2D eigenvalue weighted by atomic mass is 9.94. The summed E-state index contributed by atoms with van der Waals surface area (Å²) in [5.74, 6) is 0. The van der Waals surface area contributed by atoms with Crippen LogP contribution in [0.5, 0.6) is 0 Å². The Morgan fingerprint density at radius 1 is 0.633 bits per heavy atom. The zero-order chi connectivity index (χ0) is 20.1. The van der Waals surface area contributed by atoms with Crippen LogP contribution in [0.15, 0.2) is 96.6 Å². The van der Waals surface area contributed by atoms with Gasteiger partial charge >= 0.3 is 0 Å². The van der Waals surface area contributed by atoms with Crippen LogP contribution in [0, 0.1) is 6.92 Å². The molecule has 142 valence electrons. The molecule has 0 atom stereocenters. The van der Waals surface area contributed by atoms with Crippen molar-refractivity contribution in [3.8, 4) is 0 Å². The molecule has 0 heterocycles. The van der Waals surface area contributed by atoms with E-state index in [1.807, 2.05) is 0 Å². The van der Waals surface area contributed by atoms with Crippen molar-refractivity contribution in [3.05, 3.63) is 119 Å². The summed E-state index contributed by atoms with van der Waals surface area (Å²) in [5, 5.41) is 7.95. The van der Waals surface area contributed by atoms with E-state index >= 15 is 0 Å². The van der Waals surface area contributed by atoms with Crippen LogP contribution < -0.4 is 0 Å². The zero-order valence-corrected chi connectivity index (χ0v) is 17.0. The van der Waals surface area contributed by atoms with Gasteiger partial charge in [0.25, 0.3) is 0 Å². The molecule has 6 rings (SSSR count). The monoisotopic (exact) mass is 382 g/mol. The molecule has 0 spiro atoms. The molecule has 0 saturated heterocycles. The molecule has 1 aliphatic carbocycles. The van der Waals surface area contributed by atoms with E-state index in [0.717, 1.165) is 6.42 Å². The molecule has 0 N–H and O–H groups in total. The molecule has 0 bridgehead atoms. The summed E-state index contributed by atoms with van der Waals surface area (Å²) in [6, 6.07) is 31.2. The molecule has 0 amide bonds. The van der Waals surface area contributed by atoms with Crippen LogP contribution in [0.1, 0.15) is 22.3 Å². The predicted molar refractivity (Wildman–Crippen MR) is 131 cm³/mol. The molecule has 5 aromatic carbocycles. The van der Waals surface area contributed by atoms with Crippen LogP contribution in [0.4, 0.5) is 0 Å². The van der Waals surface area contributed by atoms with E-state index in [2.05, 4.69) is 110 Å². The summed E-state index contributed by atoms with van der Waals surface area (Å²) in [6.45, 7) is 2.13. The third-order valence-corrected chi connectivity index (χ3v) is 6.31. The number of hydrogen-bond donors (Lipinski definition) is 0. The molecule has 0 fully saturated rings. The molecular weight excluding hydrogens is 360 g/mol. The first-order valence-corrected chi connectivity index (χ1v) is 10.6. The summed E-state index contributed by atoms with van der Waals surface area (Å²) in [5.41, 5.74) is 6.72. The van der Waals surface area contributed by atoms with Gasteiger partial charge in [-0.1, -0.05) is 96.6 Å². The Morgan fingerprint density at radius 2 is 1.40 bits per heavy atom. The lowest BCUT2D eigenvalue weighted by Crippen LogP contribution is -1.86. The third kappa shape index (κ3) is 2.84. The standard InChI is InChI=1S/C30H22/c1-20-6-8-21(9-7-20)10-11-22-16-25-12-14-28-27(29(25)17-22)15-13-26-18-23-4-2-3-5-24(23)19-30(26)28/h2-15,17-19H,16H2,1H3/b11-10+. The second kappa shape index (κ2) is 6.71. The van der Waals surface area contributed by atoms with Gasteiger partial charge in [-0.05, 0) is 80.1 Å². The van der Waals surface area contributed by atoms with Gasteiger partial charge < -0.3 is 0 Å². The quantitative estimate of drug-likeness (QED) is 0.214. The SMILES string of the molecule is Cc1ccc(/C=C/C2=Cc3c(ccc4c3ccc3cc5ccccc5cc34)C2)cc1. The van der Waals surface area contributed by atoms with Gasteiger partial charge in [0.05, 0.1) is 0 Å². The maximum Gasteiger partial charge on any atom is -0.00194 e. The van der Waals surface area contributed by atoms with Crippen LogP contribution in [-0.4, -0.2) is 0 Å². The van der Waals surface area contributed by atoms with Crippen molar-refractivity contribution >= 4 is 44.5 Å². The minimum absolute atomic E-state index is 1.00. The third-order valence-electron chi connectivity index (χ3n) is 6.31.